The molecule has 1 aliphatic heterocycles. The van der Waals surface area contributed by atoms with Crippen LogP contribution in [0.15, 0.2) is 24.3 Å². The van der Waals surface area contributed by atoms with Gasteiger partial charge >= 0.3 is 6.18 Å². The number of halogens is 3. The maximum atomic E-state index is 12.9. The minimum Gasteiger partial charge on any atom is -0.312 e. The van der Waals surface area contributed by atoms with Crippen molar-refractivity contribution in [3.63, 3.8) is 0 Å². The molecule has 1 heterocycles. The molecule has 1 fully saturated rings. The van der Waals surface area contributed by atoms with E-state index >= 15 is 0 Å². The van der Waals surface area contributed by atoms with Crippen molar-refractivity contribution in [2.24, 2.45) is 0 Å². The van der Waals surface area contributed by atoms with Crippen LogP contribution in [0.1, 0.15) is 18.1 Å². The Kier molecular flexibility index (Phi) is 4.60. The van der Waals surface area contributed by atoms with E-state index in [1.807, 2.05) is 6.92 Å². The fourth-order valence-corrected chi connectivity index (χ4v) is 4.01. The Morgan fingerprint density at radius 2 is 2.00 bits per heavy atom. The first-order valence-corrected chi connectivity index (χ1v) is 8.17. The number of benzene rings is 1. The van der Waals surface area contributed by atoms with Crippen LogP contribution in [0.4, 0.5) is 13.2 Å². The Labute approximate surface area is 122 Å². The van der Waals surface area contributed by atoms with Gasteiger partial charge in [-0.1, -0.05) is 18.2 Å². The van der Waals surface area contributed by atoms with Crippen LogP contribution in [0.2, 0.25) is 0 Å². The molecule has 1 aromatic rings. The van der Waals surface area contributed by atoms with Crippen molar-refractivity contribution in [1.82, 2.24) is 9.62 Å². The molecule has 8 heteroatoms. The zero-order valence-corrected chi connectivity index (χ0v) is 12.3. The lowest BCUT2D eigenvalue weighted by molar-refractivity contribution is -0.138. The number of hydrogen-bond donors (Lipinski definition) is 1. The molecule has 1 aliphatic rings. The van der Waals surface area contributed by atoms with Gasteiger partial charge in [-0.15, -0.1) is 0 Å². The first kappa shape index (κ1) is 16.3. The third kappa shape index (κ3) is 3.96. The summed E-state index contributed by atoms with van der Waals surface area (Å²) in [4.78, 5) is 0. The van der Waals surface area contributed by atoms with Crippen molar-refractivity contribution in [2.75, 3.05) is 19.6 Å². The van der Waals surface area contributed by atoms with Gasteiger partial charge in [0.2, 0.25) is 10.0 Å². The molecule has 0 aromatic heterocycles. The number of piperazine rings is 1. The van der Waals surface area contributed by atoms with Crippen LogP contribution < -0.4 is 5.32 Å². The molecule has 1 saturated heterocycles. The van der Waals surface area contributed by atoms with E-state index in [1.54, 1.807) is 0 Å². The van der Waals surface area contributed by atoms with Crippen LogP contribution in [0.5, 0.6) is 0 Å². The normalized spacial score (nSPS) is 21.4. The van der Waals surface area contributed by atoms with Crippen LogP contribution in [-0.4, -0.2) is 38.4 Å². The zero-order valence-electron chi connectivity index (χ0n) is 11.5. The quantitative estimate of drug-likeness (QED) is 0.924. The number of nitrogens with one attached hydrogen (secondary N) is 1. The number of hydrogen-bond acceptors (Lipinski definition) is 3. The van der Waals surface area contributed by atoms with Gasteiger partial charge in [0.05, 0.1) is 11.3 Å². The molecule has 118 valence electrons. The molecule has 0 spiro atoms. The number of sulfonamides is 1. The Balaban J connectivity index is 2.25. The highest BCUT2D eigenvalue weighted by Gasteiger charge is 2.35. The Morgan fingerprint density at radius 3 is 2.62 bits per heavy atom. The third-order valence-corrected chi connectivity index (χ3v) is 5.18. The molecule has 4 nitrogen and oxygen atoms in total. The standard InChI is InChI=1S/C13H17F3N2O2S/c1-10-8-18(7-6-17-10)21(19,20)9-11-4-2-3-5-12(11)13(14,15)16/h2-5,10,17H,6-9H2,1H3/t10-/m1/s1. The molecule has 1 atom stereocenters. The summed E-state index contributed by atoms with van der Waals surface area (Å²) in [5, 5.41) is 3.10. The van der Waals surface area contributed by atoms with Gasteiger partial charge in [0.15, 0.2) is 0 Å². The second kappa shape index (κ2) is 5.94. The van der Waals surface area contributed by atoms with Crippen LogP contribution in [0.25, 0.3) is 0 Å². The monoisotopic (exact) mass is 322 g/mol. The summed E-state index contributed by atoms with van der Waals surface area (Å²) in [6, 6.07) is 4.79. The summed E-state index contributed by atoms with van der Waals surface area (Å²) < 4.78 is 64.6. The summed E-state index contributed by atoms with van der Waals surface area (Å²) in [5.74, 6) is -0.630. The smallest absolute Gasteiger partial charge is 0.312 e. The maximum Gasteiger partial charge on any atom is 0.416 e. The summed E-state index contributed by atoms with van der Waals surface area (Å²) in [6.07, 6.45) is -4.55. The molecule has 1 N–H and O–H groups in total. The highest BCUT2D eigenvalue weighted by atomic mass is 32.2. The lowest BCUT2D eigenvalue weighted by Gasteiger charge is -2.31. The van der Waals surface area contributed by atoms with Gasteiger partial charge in [0, 0.05) is 25.7 Å². The fraction of sp³-hybridized carbons (Fsp3) is 0.538. The topological polar surface area (TPSA) is 49.4 Å². The zero-order chi connectivity index (χ0) is 15.7. The first-order valence-electron chi connectivity index (χ1n) is 6.56. The maximum absolute atomic E-state index is 12.9. The van der Waals surface area contributed by atoms with Crippen LogP contribution in [0.3, 0.4) is 0 Å². The van der Waals surface area contributed by atoms with Crippen molar-refractivity contribution < 1.29 is 21.6 Å². The highest BCUT2D eigenvalue weighted by Crippen LogP contribution is 2.33. The van der Waals surface area contributed by atoms with E-state index in [2.05, 4.69) is 5.32 Å². The average molecular weight is 322 g/mol. The molecule has 0 unspecified atom stereocenters. The molecular weight excluding hydrogens is 305 g/mol. The fourth-order valence-electron chi connectivity index (χ4n) is 2.36. The predicted octanol–water partition coefficient (Wildman–Crippen LogP) is 1.83. The van der Waals surface area contributed by atoms with Crippen molar-refractivity contribution in [2.45, 2.75) is 24.9 Å². The van der Waals surface area contributed by atoms with Gasteiger partial charge in [-0.05, 0) is 18.6 Å². The van der Waals surface area contributed by atoms with Crippen LogP contribution >= 0.6 is 0 Å². The summed E-state index contributed by atoms with van der Waals surface area (Å²) in [6.45, 7) is 2.89. The minimum atomic E-state index is -4.55. The summed E-state index contributed by atoms with van der Waals surface area (Å²) in [7, 11) is -3.76. The van der Waals surface area contributed by atoms with Crippen LogP contribution in [0, 0.1) is 0 Å². The molecule has 0 radical (unpaired) electrons. The third-order valence-electron chi connectivity index (χ3n) is 3.39. The highest BCUT2D eigenvalue weighted by molar-refractivity contribution is 7.88. The van der Waals surface area contributed by atoms with E-state index in [4.69, 9.17) is 0 Å². The molecule has 2 rings (SSSR count). The van der Waals surface area contributed by atoms with Crippen LogP contribution in [-0.2, 0) is 22.0 Å². The van der Waals surface area contributed by atoms with Gasteiger partial charge < -0.3 is 5.32 Å². The molecule has 1 aromatic carbocycles. The van der Waals surface area contributed by atoms with Gasteiger partial charge in [-0.3, -0.25) is 0 Å². The van der Waals surface area contributed by atoms with E-state index in [-0.39, 0.29) is 24.7 Å². The molecule has 0 amide bonds. The second-order valence-electron chi connectivity index (χ2n) is 5.12. The summed E-state index contributed by atoms with van der Waals surface area (Å²) in [5.41, 5.74) is -1.10. The van der Waals surface area contributed by atoms with Crippen molar-refractivity contribution in [1.29, 1.82) is 0 Å². The number of alkyl halides is 3. The molecule has 0 bridgehead atoms. The van der Waals surface area contributed by atoms with Gasteiger partial charge in [0.25, 0.3) is 0 Å². The van der Waals surface area contributed by atoms with E-state index in [9.17, 15) is 21.6 Å². The van der Waals surface area contributed by atoms with Gasteiger partial charge in [-0.25, -0.2) is 8.42 Å². The lowest BCUT2D eigenvalue weighted by atomic mass is 10.1. The molecule has 21 heavy (non-hydrogen) atoms. The molecular formula is C13H17F3N2O2S. The lowest BCUT2D eigenvalue weighted by Crippen LogP contribution is -2.51. The largest absolute Gasteiger partial charge is 0.416 e. The first-order chi connectivity index (χ1) is 9.70. The second-order valence-corrected chi connectivity index (χ2v) is 7.09. The Hall–Kier alpha value is -1.12. The van der Waals surface area contributed by atoms with Crippen molar-refractivity contribution in [3.05, 3.63) is 35.4 Å². The minimum absolute atomic E-state index is 0.00798. The van der Waals surface area contributed by atoms with E-state index in [1.165, 1.54) is 22.5 Å². The SMILES string of the molecule is C[C@@H]1CN(S(=O)(=O)Cc2ccccc2C(F)(F)F)CCN1. The number of rotatable bonds is 3. The van der Waals surface area contributed by atoms with Crippen molar-refractivity contribution in [3.8, 4) is 0 Å². The van der Waals surface area contributed by atoms with E-state index < -0.39 is 27.5 Å². The van der Waals surface area contributed by atoms with Gasteiger partial charge in [0.1, 0.15) is 0 Å². The van der Waals surface area contributed by atoms with Gasteiger partial charge in [-0.2, -0.15) is 17.5 Å². The number of nitrogens with zero attached hydrogens (tertiary/aromatic N) is 1. The van der Waals surface area contributed by atoms with E-state index in [0.717, 1.165) is 6.07 Å². The Bertz CT molecular complexity index is 602. The Morgan fingerprint density at radius 1 is 1.33 bits per heavy atom. The molecule has 0 saturated carbocycles. The van der Waals surface area contributed by atoms with E-state index in [0.29, 0.717) is 6.54 Å². The average Bonchev–Trinajstić information content (AvgIpc) is 2.37. The summed E-state index contributed by atoms with van der Waals surface area (Å²) >= 11 is 0. The molecule has 0 aliphatic carbocycles. The van der Waals surface area contributed by atoms with Crippen molar-refractivity contribution >= 4 is 10.0 Å². The predicted molar refractivity (Wildman–Crippen MR) is 73.1 cm³/mol.